The van der Waals surface area contributed by atoms with Crippen molar-refractivity contribution in [2.75, 3.05) is 11.9 Å². The highest BCUT2D eigenvalue weighted by molar-refractivity contribution is 9.10. The number of esters is 1. The van der Waals surface area contributed by atoms with E-state index in [4.69, 9.17) is 4.74 Å². The minimum atomic E-state index is -0.315. The summed E-state index contributed by atoms with van der Waals surface area (Å²) < 4.78 is 5.93. The molecule has 1 aromatic rings. The molecule has 5 heteroatoms. The van der Waals surface area contributed by atoms with Crippen LogP contribution in [0.4, 0.5) is 5.69 Å². The summed E-state index contributed by atoms with van der Waals surface area (Å²) >= 11 is 3.33. The number of benzene rings is 1. The van der Waals surface area contributed by atoms with Gasteiger partial charge in [-0.05, 0) is 37.0 Å². The van der Waals surface area contributed by atoms with E-state index in [9.17, 15) is 9.59 Å². The second-order valence-electron chi connectivity index (χ2n) is 5.43. The van der Waals surface area contributed by atoms with Crippen molar-refractivity contribution in [1.29, 1.82) is 0 Å². The van der Waals surface area contributed by atoms with Gasteiger partial charge in [0.25, 0.3) is 5.91 Å². The fourth-order valence-corrected chi connectivity index (χ4v) is 2.99. The molecule has 1 aliphatic rings. The lowest BCUT2D eigenvalue weighted by Gasteiger charge is -2.20. The highest BCUT2D eigenvalue weighted by Crippen LogP contribution is 2.26. The number of nitrogens with one attached hydrogen (secondary N) is 1. The molecule has 0 heterocycles. The molecule has 1 fully saturated rings. The highest BCUT2D eigenvalue weighted by Gasteiger charge is 2.18. The standard InChI is InChI=1S/C16H20BrNO3/c17-13-7-4-8-14(10-13)18-15(19)11-21-16(20)9-12-5-2-1-3-6-12/h4,7-8,10,12H,1-3,5-6,9,11H2,(H,18,19). The first kappa shape index (κ1) is 16.0. The summed E-state index contributed by atoms with van der Waals surface area (Å²) in [6.45, 7) is -0.224. The molecule has 0 aromatic heterocycles. The van der Waals surface area contributed by atoms with Crippen molar-refractivity contribution in [3.63, 3.8) is 0 Å². The molecular weight excluding hydrogens is 334 g/mol. The van der Waals surface area contributed by atoms with Crippen LogP contribution in [-0.2, 0) is 14.3 Å². The number of rotatable bonds is 5. The topological polar surface area (TPSA) is 55.4 Å². The SMILES string of the molecule is O=C(COC(=O)CC1CCCCC1)Nc1cccc(Br)c1. The van der Waals surface area contributed by atoms with Gasteiger partial charge in [-0.15, -0.1) is 0 Å². The maximum absolute atomic E-state index is 11.7. The minimum Gasteiger partial charge on any atom is -0.456 e. The van der Waals surface area contributed by atoms with Crippen LogP contribution in [0.15, 0.2) is 28.7 Å². The lowest BCUT2D eigenvalue weighted by Crippen LogP contribution is -2.22. The van der Waals surface area contributed by atoms with Gasteiger partial charge in [-0.25, -0.2) is 0 Å². The van der Waals surface area contributed by atoms with Crippen LogP contribution in [0.2, 0.25) is 0 Å². The molecule has 1 aromatic carbocycles. The molecule has 1 aliphatic carbocycles. The van der Waals surface area contributed by atoms with Gasteiger partial charge in [-0.2, -0.15) is 0 Å². The number of carbonyl (C=O) groups excluding carboxylic acids is 2. The third kappa shape index (κ3) is 5.87. The summed E-state index contributed by atoms with van der Waals surface area (Å²) in [6.07, 6.45) is 6.28. The number of hydrogen-bond donors (Lipinski definition) is 1. The predicted octanol–water partition coefficient (Wildman–Crippen LogP) is 3.90. The highest BCUT2D eigenvalue weighted by atomic mass is 79.9. The normalized spacial score (nSPS) is 15.5. The van der Waals surface area contributed by atoms with Crippen molar-refractivity contribution < 1.29 is 14.3 Å². The van der Waals surface area contributed by atoms with Gasteiger partial charge in [0.1, 0.15) is 0 Å². The molecule has 0 unspecified atom stereocenters. The van der Waals surface area contributed by atoms with Crippen molar-refractivity contribution in [3.8, 4) is 0 Å². The summed E-state index contributed by atoms with van der Waals surface area (Å²) in [5, 5.41) is 2.70. The Balaban J connectivity index is 1.69. The summed E-state index contributed by atoms with van der Waals surface area (Å²) in [4.78, 5) is 23.4. The Morgan fingerprint density at radius 1 is 1.24 bits per heavy atom. The van der Waals surface area contributed by atoms with Gasteiger partial charge in [-0.3, -0.25) is 9.59 Å². The van der Waals surface area contributed by atoms with E-state index in [1.54, 1.807) is 12.1 Å². The first-order chi connectivity index (χ1) is 10.1. The van der Waals surface area contributed by atoms with E-state index in [-0.39, 0.29) is 18.5 Å². The van der Waals surface area contributed by atoms with Crippen molar-refractivity contribution in [2.24, 2.45) is 5.92 Å². The zero-order chi connectivity index (χ0) is 15.1. The second-order valence-corrected chi connectivity index (χ2v) is 6.34. The maximum Gasteiger partial charge on any atom is 0.306 e. The Morgan fingerprint density at radius 3 is 2.71 bits per heavy atom. The quantitative estimate of drug-likeness (QED) is 0.816. The van der Waals surface area contributed by atoms with Crippen molar-refractivity contribution >= 4 is 33.5 Å². The van der Waals surface area contributed by atoms with Crippen molar-refractivity contribution in [1.82, 2.24) is 0 Å². The summed E-state index contributed by atoms with van der Waals surface area (Å²) in [5.74, 6) is -0.157. The molecule has 114 valence electrons. The summed E-state index contributed by atoms with van der Waals surface area (Å²) in [7, 11) is 0. The molecular formula is C16H20BrNO3. The molecule has 0 bridgehead atoms. The van der Waals surface area contributed by atoms with Gasteiger partial charge in [0, 0.05) is 16.6 Å². The van der Waals surface area contributed by atoms with E-state index in [2.05, 4.69) is 21.2 Å². The van der Waals surface area contributed by atoms with Crippen LogP contribution in [0.25, 0.3) is 0 Å². The van der Waals surface area contributed by atoms with E-state index in [1.807, 2.05) is 12.1 Å². The molecule has 0 aliphatic heterocycles. The zero-order valence-electron chi connectivity index (χ0n) is 11.9. The molecule has 1 N–H and O–H groups in total. The largest absolute Gasteiger partial charge is 0.456 e. The van der Waals surface area contributed by atoms with Crippen LogP contribution >= 0.6 is 15.9 Å². The number of halogens is 1. The smallest absolute Gasteiger partial charge is 0.306 e. The first-order valence-corrected chi connectivity index (χ1v) is 8.14. The summed E-state index contributed by atoms with van der Waals surface area (Å²) in [5.41, 5.74) is 0.678. The van der Waals surface area contributed by atoms with E-state index in [1.165, 1.54) is 19.3 Å². The van der Waals surface area contributed by atoms with Crippen molar-refractivity contribution in [2.45, 2.75) is 38.5 Å². The van der Waals surface area contributed by atoms with Gasteiger partial charge >= 0.3 is 5.97 Å². The third-order valence-electron chi connectivity index (χ3n) is 3.65. The molecule has 1 saturated carbocycles. The Morgan fingerprint density at radius 2 is 2.00 bits per heavy atom. The van der Waals surface area contributed by atoms with Crippen LogP contribution in [0.3, 0.4) is 0 Å². The lowest BCUT2D eigenvalue weighted by molar-refractivity contribution is -0.148. The fourth-order valence-electron chi connectivity index (χ4n) is 2.60. The van der Waals surface area contributed by atoms with E-state index < -0.39 is 0 Å². The first-order valence-electron chi connectivity index (χ1n) is 7.34. The Kier molecular flexibility index (Phi) is 6.23. The van der Waals surface area contributed by atoms with Crippen LogP contribution in [-0.4, -0.2) is 18.5 Å². The molecule has 0 saturated heterocycles. The minimum absolute atomic E-state index is 0.224. The monoisotopic (exact) mass is 353 g/mol. The van der Waals surface area contributed by atoms with Gasteiger partial charge in [0.15, 0.2) is 6.61 Å². The van der Waals surface area contributed by atoms with Crippen LogP contribution < -0.4 is 5.32 Å². The Hall–Kier alpha value is -1.36. The maximum atomic E-state index is 11.7. The third-order valence-corrected chi connectivity index (χ3v) is 4.15. The molecule has 2 rings (SSSR count). The van der Waals surface area contributed by atoms with Crippen molar-refractivity contribution in [3.05, 3.63) is 28.7 Å². The number of carbonyl (C=O) groups is 2. The number of amides is 1. The Labute approximate surface area is 133 Å². The van der Waals surface area contributed by atoms with Gasteiger partial charge in [0.05, 0.1) is 0 Å². The van der Waals surface area contributed by atoms with E-state index in [0.29, 0.717) is 18.0 Å². The van der Waals surface area contributed by atoms with Gasteiger partial charge < -0.3 is 10.1 Å². The molecule has 0 atom stereocenters. The van der Waals surface area contributed by atoms with Gasteiger partial charge in [0.2, 0.25) is 0 Å². The molecule has 1 amide bonds. The molecule has 21 heavy (non-hydrogen) atoms. The van der Waals surface area contributed by atoms with E-state index >= 15 is 0 Å². The van der Waals surface area contributed by atoms with Crippen LogP contribution in [0.5, 0.6) is 0 Å². The second kappa shape index (κ2) is 8.17. The molecule has 4 nitrogen and oxygen atoms in total. The molecule has 0 spiro atoms. The van der Waals surface area contributed by atoms with Gasteiger partial charge in [-0.1, -0.05) is 41.3 Å². The lowest BCUT2D eigenvalue weighted by atomic mass is 9.87. The summed E-state index contributed by atoms with van der Waals surface area (Å²) in [6, 6.07) is 7.28. The Bertz CT molecular complexity index is 498. The van der Waals surface area contributed by atoms with Crippen LogP contribution in [0, 0.1) is 5.92 Å². The fraction of sp³-hybridized carbons (Fsp3) is 0.500. The number of ether oxygens (including phenoxy) is 1. The average Bonchev–Trinajstić information content (AvgIpc) is 2.46. The molecule has 0 radical (unpaired) electrons. The van der Waals surface area contributed by atoms with E-state index in [0.717, 1.165) is 17.3 Å². The number of anilines is 1. The average molecular weight is 354 g/mol. The number of hydrogen-bond acceptors (Lipinski definition) is 3. The van der Waals surface area contributed by atoms with Crippen LogP contribution in [0.1, 0.15) is 38.5 Å². The predicted molar refractivity (Wildman–Crippen MR) is 84.9 cm³/mol. The zero-order valence-corrected chi connectivity index (χ0v) is 13.5.